The van der Waals surface area contributed by atoms with Gasteiger partial charge in [-0.2, -0.15) is 0 Å². The molecule has 1 rings (SSSR count). The Morgan fingerprint density at radius 2 is 1.65 bits per heavy atom. The maximum absolute atomic E-state index is 9.65. The maximum atomic E-state index is 9.65. The summed E-state index contributed by atoms with van der Waals surface area (Å²) in [4.78, 5) is 0. The lowest BCUT2D eigenvalue weighted by molar-refractivity contribution is 0.0588. The molecule has 1 saturated carbocycles. The second-order valence-corrected chi connectivity index (χ2v) is 5.72. The molecule has 1 aliphatic carbocycles. The summed E-state index contributed by atoms with van der Waals surface area (Å²) in [7, 11) is 0. The van der Waals surface area contributed by atoms with Crippen molar-refractivity contribution in [1.82, 2.24) is 5.32 Å². The Labute approximate surface area is 106 Å². The lowest BCUT2D eigenvalue weighted by Gasteiger charge is -2.40. The molecule has 3 N–H and O–H groups in total. The van der Waals surface area contributed by atoms with E-state index in [9.17, 15) is 10.2 Å². The summed E-state index contributed by atoms with van der Waals surface area (Å²) < 4.78 is 0. The zero-order valence-electron chi connectivity index (χ0n) is 11.5. The molecular formula is C14H29NO2. The fourth-order valence-electron chi connectivity index (χ4n) is 2.85. The van der Waals surface area contributed by atoms with Gasteiger partial charge in [0, 0.05) is 24.1 Å². The first-order valence-corrected chi connectivity index (χ1v) is 7.13. The van der Waals surface area contributed by atoms with Crippen LogP contribution in [-0.2, 0) is 0 Å². The van der Waals surface area contributed by atoms with Gasteiger partial charge >= 0.3 is 0 Å². The molecule has 1 aliphatic rings. The van der Waals surface area contributed by atoms with Gasteiger partial charge in [0.2, 0.25) is 0 Å². The van der Waals surface area contributed by atoms with Crippen LogP contribution in [-0.4, -0.2) is 35.5 Å². The van der Waals surface area contributed by atoms with Crippen LogP contribution in [0.5, 0.6) is 0 Å². The van der Waals surface area contributed by atoms with Gasteiger partial charge in [-0.15, -0.1) is 0 Å². The Kier molecular flexibility index (Phi) is 5.90. The van der Waals surface area contributed by atoms with Crippen molar-refractivity contribution < 1.29 is 10.2 Å². The summed E-state index contributed by atoms with van der Waals surface area (Å²) >= 11 is 0. The molecule has 0 aromatic rings. The van der Waals surface area contributed by atoms with Crippen LogP contribution in [0, 0.1) is 5.41 Å². The highest BCUT2D eigenvalue weighted by Gasteiger charge is 2.34. The fraction of sp³-hybridized carbons (Fsp3) is 1.00. The standard InChI is InChI=1S/C14H29NO2/c1-3-14(4-2,12-17)15-10-13(11-16)8-6-5-7-9-13/h15-17H,3-12H2,1-2H3. The largest absolute Gasteiger partial charge is 0.396 e. The van der Waals surface area contributed by atoms with Crippen molar-refractivity contribution in [2.24, 2.45) is 5.41 Å². The smallest absolute Gasteiger partial charge is 0.0613 e. The van der Waals surface area contributed by atoms with E-state index in [1.54, 1.807) is 0 Å². The zero-order chi connectivity index (χ0) is 12.8. The van der Waals surface area contributed by atoms with Gasteiger partial charge in [0.1, 0.15) is 0 Å². The van der Waals surface area contributed by atoms with Gasteiger partial charge in [-0.1, -0.05) is 33.1 Å². The molecule has 0 unspecified atom stereocenters. The molecule has 3 heteroatoms. The third-order valence-corrected chi connectivity index (χ3v) is 4.74. The number of rotatable bonds is 7. The van der Waals surface area contributed by atoms with E-state index in [-0.39, 0.29) is 24.2 Å². The monoisotopic (exact) mass is 243 g/mol. The quantitative estimate of drug-likeness (QED) is 0.641. The number of hydrogen-bond acceptors (Lipinski definition) is 3. The van der Waals surface area contributed by atoms with Crippen molar-refractivity contribution in [3.05, 3.63) is 0 Å². The summed E-state index contributed by atoms with van der Waals surface area (Å²) in [6, 6.07) is 0. The van der Waals surface area contributed by atoms with Gasteiger partial charge in [-0.25, -0.2) is 0 Å². The van der Waals surface area contributed by atoms with Crippen molar-refractivity contribution in [1.29, 1.82) is 0 Å². The normalized spacial score (nSPS) is 20.5. The zero-order valence-corrected chi connectivity index (χ0v) is 11.5. The first-order chi connectivity index (χ1) is 8.16. The number of nitrogens with one attached hydrogen (secondary N) is 1. The Morgan fingerprint density at radius 1 is 1.06 bits per heavy atom. The van der Waals surface area contributed by atoms with Gasteiger partial charge in [-0.3, -0.25) is 0 Å². The molecule has 0 aromatic heterocycles. The van der Waals surface area contributed by atoms with Crippen LogP contribution in [0.1, 0.15) is 58.8 Å². The summed E-state index contributed by atoms with van der Waals surface area (Å²) in [6.07, 6.45) is 7.85. The molecule has 0 aromatic carbocycles. The first-order valence-electron chi connectivity index (χ1n) is 7.13. The Hall–Kier alpha value is -0.120. The number of aliphatic hydroxyl groups is 2. The Bertz CT molecular complexity index is 200. The summed E-state index contributed by atoms with van der Waals surface area (Å²) in [5.74, 6) is 0. The van der Waals surface area contributed by atoms with Gasteiger partial charge < -0.3 is 15.5 Å². The molecule has 102 valence electrons. The van der Waals surface area contributed by atoms with Crippen molar-refractivity contribution in [2.45, 2.75) is 64.3 Å². The second kappa shape index (κ2) is 6.72. The molecule has 17 heavy (non-hydrogen) atoms. The lowest BCUT2D eigenvalue weighted by Crippen LogP contribution is -2.52. The van der Waals surface area contributed by atoms with Crippen LogP contribution < -0.4 is 5.32 Å². The van der Waals surface area contributed by atoms with Crippen LogP contribution in [0.25, 0.3) is 0 Å². The van der Waals surface area contributed by atoms with Crippen molar-refractivity contribution in [3.8, 4) is 0 Å². The van der Waals surface area contributed by atoms with E-state index in [2.05, 4.69) is 19.2 Å². The minimum Gasteiger partial charge on any atom is -0.396 e. The highest BCUT2D eigenvalue weighted by molar-refractivity contribution is 4.91. The predicted molar refractivity (Wildman–Crippen MR) is 71.0 cm³/mol. The van der Waals surface area contributed by atoms with Crippen LogP contribution in [0.15, 0.2) is 0 Å². The van der Waals surface area contributed by atoms with Crippen LogP contribution >= 0.6 is 0 Å². The van der Waals surface area contributed by atoms with E-state index in [0.29, 0.717) is 0 Å². The topological polar surface area (TPSA) is 52.5 Å². The highest BCUT2D eigenvalue weighted by Crippen LogP contribution is 2.35. The maximum Gasteiger partial charge on any atom is 0.0613 e. The fourth-order valence-corrected chi connectivity index (χ4v) is 2.85. The molecule has 0 aliphatic heterocycles. The van der Waals surface area contributed by atoms with Crippen LogP contribution in [0.2, 0.25) is 0 Å². The summed E-state index contributed by atoms with van der Waals surface area (Å²) in [6.45, 7) is 5.51. The molecule has 0 saturated heterocycles. The number of hydrogen-bond donors (Lipinski definition) is 3. The molecule has 0 heterocycles. The summed E-state index contributed by atoms with van der Waals surface area (Å²) in [5.41, 5.74) is -0.0946. The molecule has 3 nitrogen and oxygen atoms in total. The highest BCUT2D eigenvalue weighted by atomic mass is 16.3. The molecule has 0 atom stereocenters. The molecular weight excluding hydrogens is 214 g/mol. The van der Waals surface area contributed by atoms with Crippen LogP contribution in [0.3, 0.4) is 0 Å². The van der Waals surface area contributed by atoms with Gasteiger partial charge in [-0.05, 0) is 25.7 Å². The predicted octanol–water partition coefficient (Wildman–Crippen LogP) is 2.07. The van der Waals surface area contributed by atoms with Gasteiger partial charge in [0.05, 0.1) is 6.61 Å². The second-order valence-electron chi connectivity index (χ2n) is 5.72. The molecule has 0 amide bonds. The van der Waals surface area contributed by atoms with Crippen LogP contribution in [0.4, 0.5) is 0 Å². The van der Waals surface area contributed by atoms with E-state index in [1.807, 2.05) is 0 Å². The van der Waals surface area contributed by atoms with Crippen molar-refractivity contribution >= 4 is 0 Å². The van der Waals surface area contributed by atoms with Gasteiger partial charge in [0.15, 0.2) is 0 Å². The third kappa shape index (κ3) is 3.67. The van der Waals surface area contributed by atoms with E-state index in [0.717, 1.165) is 32.2 Å². The van der Waals surface area contributed by atoms with E-state index >= 15 is 0 Å². The molecule has 0 bridgehead atoms. The van der Waals surface area contributed by atoms with E-state index < -0.39 is 0 Å². The Balaban J connectivity index is 2.56. The number of aliphatic hydroxyl groups excluding tert-OH is 2. The van der Waals surface area contributed by atoms with Crippen molar-refractivity contribution in [2.75, 3.05) is 19.8 Å². The molecule has 1 fully saturated rings. The SMILES string of the molecule is CCC(CC)(CO)NCC1(CO)CCCCC1. The van der Waals surface area contributed by atoms with Gasteiger partial charge in [0.25, 0.3) is 0 Å². The average molecular weight is 243 g/mol. The minimum atomic E-state index is -0.153. The minimum absolute atomic E-state index is 0.0585. The average Bonchev–Trinajstić information content (AvgIpc) is 2.42. The summed E-state index contributed by atoms with van der Waals surface area (Å²) in [5, 5.41) is 22.7. The molecule has 0 radical (unpaired) electrons. The third-order valence-electron chi connectivity index (χ3n) is 4.74. The van der Waals surface area contributed by atoms with Crippen molar-refractivity contribution in [3.63, 3.8) is 0 Å². The lowest BCUT2D eigenvalue weighted by atomic mass is 9.74. The van der Waals surface area contributed by atoms with E-state index in [1.165, 1.54) is 19.3 Å². The first kappa shape index (κ1) is 14.9. The Morgan fingerprint density at radius 3 is 2.06 bits per heavy atom. The van der Waals surface area contributed by atoms with E-state index in [4.69, 9.17) is 0 Å². The molecule has 0 spiro atoms.